The van der Waals surface area contributed by atoms with Gasteiger partial charge in [0.1, 0.15) is 5.41 Å². The fourth-order valence-corrected chi connectivity index (χ4v) is 5.65. The van der Waals surface area contributed by atoms with E-state index in [1.807, 2.05) is 91.0 Å². The van der Waals surface area contributed by atoms with Crippen LogP contribution in [0.2, 0.25) is 0 Å². The highest BCUT2D eigenvalue weighted by Crippen LogP contribution is 2.45. The maximum atomic E-state index is 13.3. The predicted molar refractivity (Wildman–Crippen MR) is 132 cm³/mol. The molecule has 1 aliphatic heterocycles. The number of likely N-dealkylation sites (tertiary alicyclic amines) is 1. The van der Waals surface area contributed by atoms with E-state index >= 15 is 0 Å². The highest BCUT2D eigenvalue weighted by molar-refractivity contribution is 5.96. The number of carbonyl (C=O) groups is 2. The van der Waals surface area contributed by atoms with Crippen molar-refractivity contribution in [1.29, 1.82) is 0 Å². The number of amides is 1. The first kappa shape index (κ1) is 22.9. The Morgan fingerprint density at radius 2 is 1.39 bits per heavy atom. The minimum absolute atomic E-state index is 0.0922. The van der Waals surface area contributed by atoms with E-state index in [1.165, 1.54) is 0 Å². The van der Waals surface area contributed by atoms with E-state index in [1.54, 1.807) is 0 Å². The molecular formula is C29H33N2O2+. The highest BCUT2D eigenvalue weighted by Gasteiger charge is 2.53. The van der Waals surface area contributed by atoms with Crippen molar-refractivity contribution in [3.8, 4) is 0 Å². The van der Waals surface area contributed by atoms with Gasteiger partial charge in [0.05, 0.1) is 26.7 Å². The second-order valence-electron chi connectivity index (χ2n) is 9.53. The summed E-state index contributed by atoms with van der Waals surface area (Å²) in [5, 5.41) is 0. The Kier molecular flexibility index (Phi) is 6.75. The summed E-state index contributed by atoms with van der Waals surface area (Å²) in [6, 6.07) is 29.5. The van der Waals surface area contributed by atoms with Crippen LogP contribution in [0.25, 0.3) is 0 Å². The maximum Gasteiger partial charge on any atom is 0.233 e. The number of Topliss-reactive ketones (excluding diaryl/α,β-unsaturated/α-hetero) is 1. The summed E-state index contributed by atoms with van der Waals surface area (Å²) in [7, 11) is 2.24. The first-order chi connectivity index (χ1) is 16.0. The molecular weight excluding hydrogens is 408 g/mol. The van der Waals surface area contributed by atoms with Gasteiger partial charge in [0.2, 0.25) is 5.91 Å². The van der Waals surface area contributed by atoms with E-state index in [4.69, 9.17) is 5.73 Å². The second-order valence-corrected chi connectivity index (χ2v) is 9.53. The number of hydrogen-bond donors (Lipinski definition) is 1. The van der Waals surface area contributed by atoms with Crippen LogP contribution in [0.15, 0.2) is 91.0 Å². The van der Waals surface area contributed by atoms with Gasteiger partial charge in [-0.1, -0.05) is 91.0 Å². The lowest BCUT2D eigenvalue weighted by atomic mass is 9.64. The normalized spacial score (nSPS) is 20.5. The molecule has 1 fully saturated rings. The number of quaternary nitrogens is 1. The molecule has 0 aromatic heterocycles. The zero-order valence-corrected chi connectivity index (χ0v) is 19.3. The van der Waals surface area contributed by atoms with E-state index in [9.17, 15) is 9.59 Å². The van der Waals surface area contributed by atoms with Crippen molar-refractivity contribution in [2.24, 2.45) is 11.7 Å². The number of carbonyl (C=O) groups excluding carboxylic acids is 2. The van der Waals surface area contributed by atoms with Crippen LogP contribution in [-0.2, 0) is 10.2 Å². The van der Waals surface area contributed by atoms with Gasteiger partial charge in [0.25, 0.3) is 0 Å². The Bertz CT molecular complexity index is 1040. The van der Waals surface area contributed by atoms with Gasteiger partial charge in [-0.25, -0.2) is 0 Å². The van der Waals surface area contributed by atoms with Gasteiger partial charge < -0.3 is 10.2 Å². The standard InChI is InChI=1S/C29H32N2O2/c1-31(20-11-18-27(32)23-12-5-2-6-13-23)21-19-26(22-31)29(28(30)33,24-14-7-3-8-15-24)25-16-9-4-10-17-25/h2-10,12-17,26H,11,18-22H2,1H3,(H-,30,33)/p+1/t26-,31?/m1/s1. The molecule has 170 valence electrons. The van der Waals surface area contributed by atoms with E-state index in [0.717, 1.165) is 53.6 Å². The summed E-state index contributed by atoms with van der Waals surface area (Å²) >= 11 is 0. The number of nitrogens with zero attached hydrogens (tertiary/aromatic N) is 1. The summed E-state index contributed by atoms with van der Waals surface area (Å²) in [5.74, 6) is -0.00905. The van der Waals surface area contributed by atoms with Crippen LogP contribution in [0.4, 0.5) is 0 Å². The molecule has 0 spiro atoms. The van der Waals surface area contributed by atoms with E-state index in [-0.39, 0.29) is 17.6 Å². The molecule has 4 heteroatoms. The van der Waals surface area contributed by atoms with Gasteiger partial charge in [0, 0.05) is 30.7 Å². The van der Waals surface area contributed by atoms with Gasteiger partial charge >= 0.3 is 0 Å². The average molecular weight is 442 g/mol. The van der Waals surface area contributed by atoms with Gasteiger partial charge in [-0.3, -0.25) is 9.59 Å². The molecule has 1 aliphatic rings. The monoisotopic (exact) mass is 441 g/mol. The highest BCUT2D eigenvalue weighted by atomic mass is 16.1. The quantitative estimate of drug-likeness (QED) is 0.390. The number of hydrogen-bond acceptors (Lipinski definition) is 2. The molecule has 0 saturated carbocycles. The number of nitrogens with two attached hydrogens (primary N) is 1. The fourth-order valence-electron chi connectivity index (χ4n) is 5.65. The first-order valence-corrected chi connectivity index (χ1v) is 11.8. The number of ketones is 1. The van der Waals surface area contributed by atoms with Crippen molar-refractivity contribution in [3.05, 3.63) is 108 Å². The molecule has 2 N–H and O–H groups in total. The molecule has 3 aromatic rings. The zero-order valence-electron chi connectivity index (χ0n) is 19.3. The third-order valence-electron chi connectivity index (χ3n) is 7.34. The molecule has 33 heavy (non-hydrogen) atoms. The molecule has 1 heterocycles. The SMILES string of the molecule is C[N+]1(CCCC(=O)c2ccccc2)CC[C@@H](C(C(N)=O)(c2ccccc2)c2ccccc2)C1. The maximum absolute atomic E-state index is 13.3. The Hall–Kier alpha value is -3.24. The van der Waals surface area contributed by atoms with Crippen LogP contribution in [0.5, 0.6) is 0 Å². The lowest BCUT2D eigenvalue weighted by Crippen LogP contribution is -2.51. The second kappa shape index (κ2) is 9.72. The minimum Gasteiger partial charge on any atom is -0.369 e. The van der Waals surface area contributed by atoms with Gasteiger partial charge in [-0.15, -0.1) is 0 Å². The zero-order chi connectivity index (χ0) is 23.3. The molecule has 1 unspecified atom stereocenters. The molecule has 2 atom stereocenters. The summed E-state index contributed by atoms with van der Waals surface area (Å²) in [6.45, 7) is 2.73. The number of primary amides is 1. The Morgan fingerprint density at radius 1 is 0.879 bits per heavy atom. The van der Waals surface area contributed by atoms with Gasteiger partial charge in [-0.2, -0.15) is 0 Å². The van der Waals surface area contributed by atoms with Crippen LogP contribution in [-0.4, -0.2) is 42.9 Å². The lowest BCUT2D eigenvalue weighted by Gasteiger charge is -2.38. The number of benzene rings is 3. The van der Waals surface area contributed by atoms with Gasteiger partial charge in [0.15, 0.2) is 5.78 Å². The predicted octanol–water partition coefficient (Wildman–Crippen LogP) is 4.59. The van der Waals surface area contributed by atoms with E-state index < -0.39 is 5.41 Å². The minimum atomic E-state index is -0.863. The summed E-state index contributed by atoms with van der Waals surface area (Å²) in [5.41, 5.74) is 8.05. The van der Waals surface area contributed by atoms with Crippen molar-refractivity contribution < 1.29 is 14.1 Å². The molecule has 0 aliphatic carbocycles. The molecule has 1 amide bonds. The largest absolute Gasteiger partial charge is 0.369 e. The van der Waals surface area contributed by atoms with Crippen LogP contribution in [0.1, 0.15) is 40.7 Å². The smallest absolute Gasteiger partial charge is 0.233 e. The molecule has 1 saturated heterocycles. The van der Waals surface area contributed by atoms with Crippen molar-refractivity contribution in [2.45, 2.75) is 24.7 Å². The van der Waals surface area contributed by atoms with Crippen LogP contribution >= 0.6 is 0 Å². The van der Waals surface area contributed by atoms with Crippen molar-refractivity contribution in [2.75, 3.05) is 26.7 Å². The van der Waals surface area contributed by atoms with Crippen molar-refractivity contribution in [1.82, 2.24) is 0 Å². The van der Waals surface area contributed by atoms with Crippen LogP contribution < -0.4 is 5.73 Å². The van der Waals surface area contributed by atoms with Crippen molar-refractivity contribution >= 4 is 11.7 Å². The summed E-state index contributed by atoms with van der Waals surface area (Å²) in [6.07, 6.45) is 2.29. The number of rotatable bonds is 9. The Labute approximate surface area is 196 Å². The van der Waals surface area contributed by atoms with Crippen LogP contribution in [0, 0.1) is 5.92 Å². The molecule has 0 bridgehead atoms. The molecule has 4 nitrogen and oxygen atoms in total. The van der Waals surface area contributed by atoms with Crippen molar-refractivity contribution in [3.63, 3.8) is 0 Å². The summed E-state index contributed by atoms with van der Waals surface area (Å²) in [4.78, 5) is 25.8. The van der Waals surface area contributed by atoms with Gasteiger partial charge in [-0.05, 0) is 11.1 Å². The van der Waals surface area contributed by atoms with E-state index in [2.05, 4.69) is 7.05 Å². The Morgan fingerprint density at radius 3 is 1.91 bits per heavy atom. The third-order valence-corrected chi connectivity index (χ3v) is 7.34. The van der Waals surface area contributed by atoms with E-state index in [0.29, 0.717) is 6.42 Å². The molecule has 0 radical (unpaired) electrons. The van der Waals surface area contributed by atoms with Crippen LogP contribution in [0.3, 0.4) is 0 Å². The molecule has 4 rings (SSSR count). The Balaban J connectivity index is 1.55. The first-order valence-electron chi connectivity index (χ1n) is 11.8. The topological polar surface area (TPSA) is 60.2 Å². The third kappa shape index (κ3) is 4.62. The fraction of sp³-hybridized carbons (Fsp3) is 0.310. The summed E-state index contributed by atoms with van der Waals surface area (Å²) < 4.78 is 0.849. The lowest BCUT2D eigenvalue weighted by molar-refractivity contribution is -0.899. The molecule has 3 aromatic carbocycles. The average Bonchev–Trinajstić information content (AvgIpc) is 3.23.